The number of carbonyl (C=O) groups excluding carboxylic acids is 1. The summed E-state index contributed by atoms with van der Waals surface area (Å²) in [6.45, 7) is 6.03. The fraction of sp³-hybridized carbons (Fsp3) is 0.250. The second kappa shape index (κ2) is 9.75. The number of rotatable bonds is 8. The number of amides is 1. The number of nitrogens with one attached hydrogen (secondary N) is 2. The maximum absolute atomic E-state index is 12.7. The van der Waals surface area contributed by atoms with Gasteiger partial charge < -0.3 is 10.1 Å². The zero-order chi connectivity index (χ0) is 20.7. The molecule has 0 heterocycles. The highest BCUT2D eigenvalue weighted by Crippen LogP contribution is 2.29. The average molecular weight is 467 g/mol. The van der Waals surface area contributed by atoms with Gasteiger partial charge >= 0.3 is 0 Å². The zero-order valence-electron chi connectivity index (χ0n) is 16.0. The second-order valence-electron chi connectivity index (χ2n) is 5.96. The van der Waals surface area contributed by atoms with Crippen LogP contribution in [0.3, 0.4) is 0 Å². The predicted octanol–water partition coefficient (Wildman–Crippen LogP) is 4.94. The van der Waals surface area contributed by atoms with Crippen LogP contribution in [-0.4, -0.2) is 20.9 Å². The van der Waals surface area contributed by atoms with Crippen molar-refractivity contribution >= 4 is 43.2 Å². The summed E-state index contributed by atoms with van der Waals surface area (Å²) in [5, 5.41) is 2.71. The minimum atomic E-state index is -3.82. The van der Waals surface area contributed by atoms with Crippen molar-refractivity contribution in [1.29, 1.82) is 0 Å². The van der Waals surface area contributed by atoms with Crippen molar-refractivity contribution in [2.24, 2.45) is 0 Å². The Balaban J connectivity index is 2.21. The quantitative estimate of drug-likeness (QED) is 0.539. The number of carbonyl (C=O) groups is 1. The van der Waals surface area contributed by atoms with E-state index in [9.17, 15) is 13.2 Å². The van der Waals surface area contributed by atoms with Crippen molar-refractivity contribution in [3.63, 3.8) is 0 Å². The first kappa shape index (κ1) is 22.0. The highest BCUT2D eigenvalue weighted by molar-refractivity contribution is 9.10. The molecule has 0 aromatic heterocycles. The second-order valence-corrected chi connectivity index (χ2v) is 8.50. The number of anilines is 2. The van der Waals surface area contributed by atoms with Gasteiger partial charge in [-0.15, -0.1) is 0 Å². The monoisotopic (exact) mass is 466 g/mol. The van der Waals surface area contributed by atoms with Gasteiger partial charge in [-0.3, -0.25) is 9.52 Å². The van der Waals surface area contributed by atoms with E-state index in [1.54, 1.807) is 43.3 Å². The van der Waals surface area contributed by atoms with Crippen LogP contribution in [0.2, 0.25) is 0 Å². The smallest absolute Gasteiger partial charge is 0.261 e. The van der Waals surface area contributed by atoms with Gasteiger partial charge in [0.1, 0.15) is 5.75 Å². The van der Waals surface area contributed by atoms with Gasteiger partial charge in [-0.2, -0.15) is 0 Å². The number of hydrogen-bond donors (Lipinski definition) is 2. The Morgan fingerprint density at radius 2 is 1.89 bits per heavy atom. The summed E-state index contributed by atoms with van der Waals surface area (Å²) < 4.78 is 34.0. The molecule has 28 heavy (non-hydrogen) atoms. The van der Waals surface area contributed by atoms with Gasteiger partial charge in [0, 0.05) is 11.3 Å². The van der Waals surface area contributed by atoms with Crippen LogP contribution in [0.1, 0.15) is 27.2 Å². The number of halogens is 1. The minimum Gasteiger partial charge on any atom is -0.493 e. The van der Waals surface area contributed by atoms with Gasteiger partial charge in [0.15, 0.2) is 0 Å². The lowest BCUT2D eigenvalue weighted by molar-refractivity contribution is -0.112. The van der Waals surface area contributed by atoms with Gasteiger partial charge in [0.05, 0.1) is 21.7 Å². The molecule has 0 aliphatic rings. The Kier molecular flexibility index (Phi) is 7.65. The number of allylic oxidation sites excluding steroid dienone is 1. The van der Waals surface area contributed by atoms with Crippen LogP contribution in [0, 0.1) is 0 Å². The fourth-order valence-electron chi connectivity index (χ4n) is 2.42. The molecule has 0 unspecified atom stereocenters. The molecule has 0 fully saturated rings. The molecule has 2 aromatic rings. The van der Waals surface area contributed by atoms with Crippen LogP contribution < -0.4 is 14.8 Å². The number of benzene rings is 2. The van der Waals surface area contributed by atoms with Crippen molar-refractivity contribution in [2.75, 3.05) is 16.6 Å². The van der Waals surface area contributed by atoms with E-state index in [4.69, 9.17) is 4.74 Å². The Morgan fingerprint density at radius 3 is 2.54 bits per heavy atom. The van der Waals surface area contributed by atoms with E-state index >= 15 is 0 Å². The van der Waals surface area contributed by atoms with Gasteiger partial charge in [-0.1, -0.05) is 19.1 Å². The van der Waals surface area contributed by atoms with Crippen molar-refractivity contribution in [1.82, 2.24) is 0 Å². The van der Waals surface area contributed by atoms with E-state index < -0.39 is 10.0 Å². The lowest BCUT2D eigenvalue weighted by Gasteiger charge is -2.12. The third-order valence-electron chi connectivity index (χ3n) is 3.75. The maximum atomic E-state index is 12.7. The normalized spacial score (nSPS) is 11.8. The molecule has 2 aromatic carbocycles. The molecule has 1 amide bonds. The molecule has 0 aliphatic heterocycles. The van der Waals surface area contributed by atoms with Crippen LogP contribution in [0.4, 0.5) is 11.4 Å². The molecule has 0 atom stereocenters. The standard InChI is InChI=1S/C20H23BrN2O4S/c1-4-7-14(3)20(24)22-15-8-6-9-17(12-15)28(25,26)23-16-10-11-19(27-5-2)18(21)13-16/h6-13,23H,4-5H2,1-3H3,(H,22,24)/b14-7+. The van der Waals surface area contributed by atoms with Gasteiger partial charge in [-0.25, -0.2) is 8.42 Å². The zero-order valence-corrected chi connectivity index (χ0v) is 18.4. The number of sulfonamides is 1. The summed E-state index contributed by atoms with van der Waals surface area (Å²) >= 11 is 3.36. The minimum absolute atomic E-state index is 0.0485. The topological polar surface area (TPSA) is 84.5 Å². The molecule has 0 saturated heterocycles. The summed E-state index contributed by atoms with van der Waals surface area (Å²) in [6, 6.07) is 11.1. The van der Waals surface area contributed by atoms with Gasteiger partial charge in [0.25, 0.3) is 15.9 Å². The molecule has 0 radical (unpaired) electrons. The maximum Gasteiger partial charge on any atom is 0.261 e. The average Bonchev–Trinajstić information content (AvgIpc) is 2.64. The van der Waals surface area contributed by atoms with Crippen molar-refractivity contribution in [3.8, 4) is 5.75 Å². The van der Waals surface area contributed by atoms with E-state index in [1.165, 1.54) is 12.1 Å². The summed E-state index contributed by atoms with van der Waals surface area (Å²) in [4.78, 5) is 12.2. The number of ether oxygens (including phenoxy) is 1. The summed E-state index contributed by atoms with van der Waals surface area (Å²) in [7, 11) is -3.82. The van der Waals surface area contributed by atoms with E-state index in [-0.39, 0.29) is 10.8 Å². The first-order valence-electron chi connectivity index (χ1n) is 8.80. The molecule has 150 valence electrons. The van der Waals surface area contributed by atoms with Crippen LogP contribution >= 0.6 is 15.9 Å². The molecule has 2 rings (SSSR count). The Morgan fingerprint density at radius 1 is 1.14 bits per heavy atom. The lowest BCUT2D eigenvalue weighted by atomic mass is 10.2. The first-order chi connectivity index (χ1) is 13.3. The van der Waals surface area contributed by atoms with Crippen molar-refractivity contribution in [3.05, 3.63) is 58.6 Å². The van der Waals surface area contributed by atoms with Crippen LogP contribution in [0.5, 0.6) is 5.75 Å². The van der Waals surface area contributed by atoms with Gasteiger partial charge in [0.2, 0.25) is 0 Å². The lowest BCUT2D eigenvalue weighted by Crippen LogP contribution is -2.15. The van der Waals surface area contributed by atoms with E-state index in [0.29, 0.717) is 33.8 Å². The Hall–Kier alpha value is -2.32. The van der Waals surface area contributed by atoms with Crippen molar-refractivity contribution in [2.45, 2.75) is 32.1 Å². The summed E-state index contributed by atoms with van der Waals surface area (Å²) in [5.41, 5.74) is 1.38. The Labute approximate surface area is 174 Å². The Bertz CT molecular complexity index is 987. The molecule has 0 saturated carbocycles. The third-order valence-corrected chi connectivity index (χ3v) is 5.75. The molecule has 0 aliphatic carbocycles. The van der Waals surface area contributed by atoms with Crippen LogP contribution in [0.25, 0.3) is 0 Å². The molecule has 6 nitrogen and oxygen atoms in total. The SMILES string of the molecule is CC/C=C(\C)C(=O)Nc1cccc(S(=O)(=O)Nc2ccc(OCC)c(Br)c2)c1. The van der Waals surface area contributed by atoms with Crippen LogP contribution in [0.15, 0.2) is 63.5 Å². The fourth-order valence-corrected chi connectivity index (χ4v) is 4.01. The third kappa shape index (κ3) is 5.84. The van der Waals surface area contributed by atoms with Crippen LogP contribution in [-0.2, 0) is 14.8 Å². The molecule has 0 spiro atoms. The molecular formula is C20H23BrN2O4S. The summed E-state index contributed by atoms with van der Waals surface area (Å²) in [6.07, 6.45) is 2.55. The largest absolute Gasteiger partial charge is 0.493 e. The van der Waals surface area contributed by atoms with E-state index in [2.05, 4.69) is 26.0 Å². The molecule has 8 heteroatoms. The van der Waals surface area contributed by atoms with E-state index in [1.807, 2.05) is 13.8 Å². The molecule has 0 bridgehead atoms. The molecular weight excluding hydrogens is 444 g/mol. The first-order valence-corrected chi connectivity index (χ1v) is 11.1. The van der Waals surface area contributed by atoms with Crippen molar-refractivity contribution < 1.29 is 17.9 Å². The highest BCUT2D eigenvalue weighted by atomic mass is 79.9. The van der Waals surface area contributed by atoms with Gasteiger partial charge in [-0.05, 0) is 72.6 Å². The van der Waals surface area contributed by atoms with E-state index in [0.717, 1.165) is 6.42 Å². The number of hydrogen-bond acceptors (Lipinski definition) is 4. The molecule has 2 N–H and O–H groups in total. The highest BCUT2D eigenvalue weighted by Gasteiger charge is 2.16. The predicted molar refractivity (Wildman–Crippen MR) is 115 cm³/mol. The summed E-state index contributed by atoms with van der Waals surface area (Å²) in [5.74, 6) is 0.366.